The molecule has 0 saturated heterocycles. The highest BCUT2D eigenvalue weighted by Gasteiger charge is 2.10. The quantitative estimate of drug-likeness (QED) is 0.472. The van der Waals surface area contributed by atoms with E-state index in [4.69, 9.17) is 10.6 Å². The topological polar surface area (TPSA) is 56.8 Å². The lowest BCUT2D eigenvalue weighted by Crippen LogP contribution is -2.03. The maximum absolute atomic E-state index is 12.0. The summed E-state index contributed by atoms with van der Waals surface area (Å²) in [7, 11) is 1.36. The Morgan fingerprint density at radius 1 is 1.40 bits per heavy atom. The minimum absolute atomic E-state index is 0.0262. The normalized spacial score (nSPS) is 10.9. The summed E-state index contributed by atoms with van der Waals surface area (Å²) in [6, 6.07) is 4.40. The van der Waals surface area contributed by atoms with Crippen molar-refractivity contribution in [1.82, 2.24) is 0 Å². The largest absolute Gasteiger partial charge is 0.493 e. The Balaban J connectivity index is 2.98. The van der Waals surface area contributed by atoms with Crippen LogP contribution < -0.4 is 15.3 Å². The molecule has 82 valence electrons. The number of nitrogens with two attached hydrogens (primary N) is 1. The molecule has 0 aliphatic rings. The molecule has 0 aromatic heterocycles. The van der Waals surface area contributed by atoms with E-state index in [1.165, 1.54) is 31.5 Å². The zero-order valence-corrected chi connectivity index (χ0v) is 7.98. The van der Waals surface area contributed by atoms with E-state index in [9.17, 15) is 8.78 Å². The smallest absolute Gasteiger partial charge is 0.387 e. The first-order valence-electron chi connectivity index (χ1n) is 4.03. The molecule has 15 heavy (non-hydrogen) atoms. The molecule has 1 rings (SSSR count). The second kappa shape index (κ2) is 5.14. The van der Waals surface area contributed by atoms with Gasteiger partial charge in [-0.1, -0.05) is 0 Å². The molecule has 0 bridgehead atoms. The van der Waals surface area contributed by atoms with E-state index in [2.05, 4.69) is 9.84 Å². The van der Waals surface area contributed by atoms with Gasteiger partial charge in [-0.05, 0) is 23.8 Å². The third-order valence-electron chi connectivity index (χ3n) is 1.63. The van der Waals surface area contributed by atoms with Crippen LogP contribution in [0.4, 0.5) is 8.78 Å². The Bertz CT molecular complexity index is 356. The van der Waals surface area contributed by atoms with Gasteiger partial charge in [-0.15, -0.1) is 0 Å². The number of benzene rings is 1. The van der Waals surface area contributed by atoms with Crippen LogP contribution >= 0.6 is 0 Å². The molecule has 2 N–H and O–H groups in total. The van der Waals surface area contributed by atoms with Crippen LogP contribution in [-0.4, -0.2) is 19.9 Å². The van der Waals surface area contributed by atoms with Crippen LogP contribution in [0, 0.1) is 0 Å². The molecule has 0 spiro atoms. The number of halogens is 2. The van der Waals surface area contributed by atoms with E-state index in [0.29, 0.717) is 5.56 Å². The van der Waals surface area contributed by atoms with Crippen LogP contribution in [0.3, 0.4) is 0 Å². The number of hydrogen-bond donors (Lipinski definition) is 1. The van der Waals surface area contributed by atoms with Crippen LogP contribution in [0.5, 0.6) is 11.5 Å². The van der Waals surface area contributed by atoms with Crippen molar-refractivity contribution >= 4 is 6.21 Å². The highest BCUT2D eigenvalue weighted by Crippen LogP contribution is 2.28. The van der Waals surface area contributed by atoms with E-state index >= 15 is 0 Å². The number of methoxy groups -OCH3 is 1. The number of nitrogens with zero attached hydrogens (tertiary/aromatic N) is 1. The summed E-state index contributed by atoms with van der Waals surface area (Å²) in [5.41, 5.74) is 0.635. The molecule has 0 aliphatic heterocycles. The molecule has 1 aromatic rings. The summed E-state index contributed by atoms with van der Waals surface area (Å²) in [6.07, 6.45) is 1.37. The Morgan fingerprint density at radius 2 is 2.13 bits per heavy atom. The van der Waals surface area contributed by atoms with E-state index < -0.39 is 6.61 Å². The Labute approximate surface area is 85.3 Å². The van der Waals surface area contributed by atoms with Gasteiger partial charge in [0.05, 0.1) is 13.3 Å². The number of ether oxygens (including phenoxy) is 2. The van der Waals surface area contributed by atoms with Gasteiger partial charge in [0, 0.05) is 0 Å². The molecule has 0 atom stereocenters. The Morgan fingerprint density at radius 3 is 2.67 bits per heavy atom. The lowest BCUT2D eigenvalue weighted by molar-refractivity contribution is -0.0512. The molecule has 0 unspecified atom stereocenters. The number of hydrazone groups is 1. The van der Waals surface area contributed by atoms with Crippen molar-refractivity contribution in [3.05, 3.63) is 23.8 Å². The molecule has 0 heterocycles. The molecule has 4 nitrogen and oxygen atoms in total. The van der Waals surface area contributed by atoms with Gasteiger partial charge >= 0.3 is 6.61 Å². The summed E-state index contributed by atoms with van der Waals surface area (Å²) >= 11 is 0. The maximum Gasteiger partial charge on any atom is 0.387 e. The van der Waals surface area contributed by atoms with Gasteiger partial charge in [-0.25, -0.2) is 0 Å². The molecule has 0 saturated carbocycles. The average Bonchev–Trinajstić information content (AvgIpc) is 2.20. The standard InChI is InChI=1S/C9H10F2N2O2/c1-14-8-4-6(5-13-12)2-3-7(8)15-9(10)11/h2-5,9H,12H2,1H3. The van der Waals surface area contributed by atoms with Gasteiger partial charge in [0.1, 0.15) is 0 Å². The van der Waals surface area contributed by atoms with E-state index in [-0.39, 0.29) is 11.5 Å². The maximum atomic E-state index is 12.0. The third-order valence-corrected chi connectivity index (χ3v) is 1.63. The van der Waals surface area contributed by atoms with E-state index in [0.717, 1.165) is 0 Å². The number of rotatable bonds is 4. The fourth-order valence-corrected chi connectivity index (χ4v) is 1.04. The molecule has 0 amide bonds. The van der Waals surface area contributed by atoms with Crippen LogP contribution in [0.25, 0.3) is 0 Å². The van der Waals surface area contributed by atoms with Gasteiger partial charge in [-0.3, -0.25) is 0 Å². The lowest BCUT2D eigenvalue weighted by atomic mass is 10.2. The van der Waals surface area contributed by atoms with Crippen molar-refractivity contribution in [2.24, 2.45) is 10.9 Å². The number of alkyl halides is 2. The molecule has 0 radical (unpaired) electrons. The minimum Gasteiger partial charge on any atom is -0.493 e. The monoisotopic (exact) mass is 216 g/mol. The van der Waals surface area contributed by atoms with E-state index in [1.54, 1.807) is 0 Å². The lowest BCUT2D eigenvalue weighted by Gasteiger charge is -2.09. The molecule has 6 heteroatoms. The van der Waals surface area contributed by atoms with Crippen molar-refractivity contribution < 1.29 is 18.3 Å². The SMILES string of the molecule is COc1cc(C=NN)ccc1OC(F)F. The van der Waals surface area contributed by atoms with Crippen molar-refractivity contribution in [3.8, 4) is 11.5 Å². The van der Waals surface area contributed by atoms with E-state index in [1.807, 2.05) is 0 Å². The number of hydrogen-bond acceptors (Lipinski definition) is 4. The zero-order chi connectivity index (χ0) is 11.3. The highest BCUT2D eigenvalue weighted by atomic mass is 19.3. The summed E-state index contributed by atoms with van der Waals surface area (Å²) < 4.78 is 33.0. The van der Waals surface area contributed by atoms with Gasteiger partial charge in [0.2, 0.25) is 0 Å². The van der Waals surface area contributed by atoms with Crippen molar-refractivity contribution in [2.75, 3.05) is 7.11 Å². The van der Waals surface area contributed by atoms with Gasteiger partial charge in [-0.2, -0.15) is 13.9 Å². The summed E-state index contributed by atoms with van der Waals surface area (Å²) in [5, 5.41) is 3.30. The van der Waals surface area contributed by atoms with Crippen LogP contribution in [0.1, 0.15) is 5.56 Å². The molecule has 1 aromatic carbocycles. The molecule has 0 aliphatic carbocycles. The first kappa shape index (κ1) is 11.2. The second-order valence-corrected chi connectivity index (χ2v) is 2.57. The van der Waals surface area contributed by atoms with Crippen molar-refractivity contribution in [2.45, 2.75) is 6.61 Å². The fraction of sp³-hybridized carbons (Fsp3) is 0.222. The summed E-state index contributed by atoms with van der Waals surface area (Å²) in [6.45, 7) is -2.88. The zero-order valence-electron chi connectivity index (χ0n) is 7.98. The molecular weight excluding hydrogens is 206 g/mol. The molecule has 0 fully saturated rings. The predicted octanol–water partition coefficient (Wildman–Crippen LogP) is 1.59. The van der Waals surface area contributed by atoms with Crippen molar-refractivity contribution in [1.29, 1.82) is 0 Å². The van der Waals surface area contributed by atoms with Crippen LogP contribution in [0.15, 0.2) is 23.3 Å². The summed E-state index contributed by atoms with van der Waals surface area (Å²) in [5.74, 6) is 5.12. The second-order valence-electron chi connectivity index (χ2n) is 2.57. The fourth-order valence-electron chi connectivity index (χ4n) is 1.04. The van der Waals surface area contributed by atoms with Crippen LogP contribution in [0.2, 0.25) is 0 Å². The Hall–Kier alpha value is -1.85. The minimum atomic E-state index is -2.88. The highest BCUT2D eigenvalue weighted by molar-refractivity contribution is 5.80. The third kappa shape index (κ3) is 3.08. The van der Waals surface area contributed by atoms with Crippen LogP contribution in [-0.2, 0) is 0 Å². The predicted molar refractivity (Wildman–Crippen MR) is 51.4 cm³/mol. The van der Waals surface area contributed by atoms with Gasteiger partial charge in [0.15, 0.2) is 11.5 Å². The summed E-state index contributed by atoms with van der Waals surface area (Å²) in [4.78, 5) is 0. The first-order valence-corrected chi connectivity index (χ1v) is 4.03. The average molecular weight is 216 g/mol. The van der Waals surface area contributed by atoms with Crippen molar-refractivity contribution in [3.63, 3.8) is 0 Å². The first-order chi connectivity index (χ1) is 7.17. The van der Waals surface area contributed by atoms with Gasteiger partial charge in [0.25, 0.3) is 0 Å². The van der Waals surface area contributed by atoms with Gasteiger partial charge < -0.3 is 15.3 Å². The Kier molecular flexibility index (Phi) is 3.84. The molecular formula is C9H10F2N2O2.